The zero-order chi connectivity index (χ0) is 18.6. The van der Waals surface area contributed by atoms with E-state index in [0.717, 1.165) is 36.3 Å². The van der Waals surface area contributed by atoms with E-state index >= 15 is 0 Å². The average Bonchev–Trinajstić information content (AvgIpc) is 2.74. The molecular formula is C22H20FN3O. The summed E-state index contributed by atoms with van der Waals surface area (Å²) in [5.74, 6) is -0.0902. The van der Waals surface area contributed by atoms with Gasteiger partial charge in [-0.15, -0.1) is 0 Å². The van der Waals surface area contributed by atoms with Crippen molar-refractivity contribution in [1.29, 1.82) is 0 Å². The van der Waals surface area contributed by atoms with Gasteiger partial charge in [-0.1, -0.05) is 18.2 Å². The van der Waals surface area contributed by atoms with Crippen LogP contribution in [0.3, 0.4) is 0 Å². The van der Waals surface area contributed by atoms with Gasteiger partial charge < -0.3 is 4.90 Å². The van der Waals surface area contributed by atoms with Gasteiger partial charge in [-0.25, -0.2) is 4.39 Å². The Morgan fingerprint density at radius 3 is 2.81 bits per heavy atom. The summed E-state index contributed by atoms with van der Waals surface area (Å²) >= 11 is 0. The van der Waals surface area contributed by atoms with Crippen molar-refractivity contribution in [1.82, 2.24) is 14.9 Å². The molecule has 1 atom stereocenters. The highest BCUT2D eigenvalue weighted by atomic mass is 19.1. The molecule has 1 aliphatic heterocycles. The second kappa shape index (κ2) is 7.66. The first kappa shape index (κ1) is 17.3. The maximum atomic E-state index is 13.5. The van der Waals surface area contributed by atoms with Gasteiger partial charge in [-0.05, 0) is 49.2 Å². The second-order valence-corrected chi connectivity index (χ2v) is 6.79. The molecule has 136 valence electrons. The molecule has 5 heteroatoms. The number of carbonyl (C=O) groups excluding carboxylic acids is 1. The lowest BCUT2D eigenvalue weighted by molar-refractivity contribution is 0.0705. The largest absolute Gasteiger partial charge is 0.338 e. The van der Waals surface area contributed by atoms with Crippen LogP contribution in [0.25, 0.3) is 11.3 Å². The first-order chi connectivity index (χ1) is 13.2. The monoisotopic (exact) mass is 361 g/mol. The van der Waals surface area contributed by atoms with Crippen LogP contribution < -0.4 is 0 Å². The molecule has 1 amide bonds. The summed E-state index contributed by atoms with van der Waals surface area (Å²) in [6.45, 7) is 1.38. The molecule has 2 aromatic heterocycles. The summed E-state index contributed by atoms with van der Waals surface area (Å²) in [4.78, 5) is 23.4. The SMILES string of the molecule is O=C(c1cccnc1)N1CCC[C@H](c2cccc(-c3cccc(F)c3)n2)C1. The van der Waals surface area contributed by atoms with Crippen LogP contribution in [0.15, 0.2) is 67.0 Å². The number of nitrogens with zero attached hydrogens (tertiary/aromatic N) is 3. The summed E-state index contributed by atoms with van der Waals surface area (Å²) in [5, 5.41) is 0. The lowest BCUT2D eigenvalue weighted by Crippen LogP contribution is -2.39. The van der Waals surface area contributed by atoms with Gasteiger partial charge in [0.25, 0.3) is 5.91 Å². The van der Waals surface area contributed by atoms with E-state index in [1.165, 1.54) is 12.1 Å². The van der Waals surface area contributed by atoms with E-state index in [0.29, 0.717) is 12.1 Å². The van der Waals surface area contributed by atoms with Gasteiger partial charge in [0.1, 0.15) is 5.82 Å². The Morgan fingerprint density at radius 1 is 1.11 bits per heavy atom. The Morgan fingerprint density at radius 2 is 2.00 bits per heavy atom. The highest BCUT2D eigenvalue weighted by Gasteiger charge is 2.26. The molecule has 4 nitrogen and oxygen atoms in total. The van der Waals surface area contributed by atoms with Gasteiger partial charge >= 0.3 is 0 Å². The summed E-state index contributed by atoms with van der Waals surface area (Å²) in [5.41, 5.74) is 3.07. The fourth-order valence-corrected chi connectivity index (χ4v) is 3.56. The normalized spacial score (nSPS) is 16.9. The fourth-order valence-electron chi connectivity index (χ4n) is 3.56. The smallest absolute Gasteiger partial charge is 0.255 e. The predicted octanol–water partition coefficient (Wildman–Crippen LogP) is 4.30. The van der Waals surface area contributed by atoms with E-state index in [1.807, 2.05) is 29.2 Å². The molecule has 0 saturated carbocycles. The number of amides is 1. The number of halogens is 1. The Labute approximate surface area is 157 Å². The van der Waals surface area contributed by atoms with Crippen LogP contribution in [-0.2, 0) is 0 Å². The van der Waals surface area contributed by atoms with E-state index in [1.54, 1.807) is 30.6 Å². The third kappa shape index (κ3) is 3.87. The molecule has 0 N–H and O–H groups in total. The van der Waals surface area contributed by atoms with Crippen LogP contribution in [-0.4, -0.2) is 33.9 Å². The molecule has 0 spiro atoms. The second-order valence-electron chi connectivity index (χ2n) is 6.79. The topological polar surface area (TPSA) is 46.1 Å². The number of likely N-dealkylation sites (tertiary alicyclic amines) is 1. The molecule has 0 aliphatic carbocycles. The van der Waals surface area contributed by atoms with E-state index in [2.05, 4.69) is 4.98 Å². The van der Waals surface area contributed by atoms with Gasteiger partial charge in [0.05, 0.1) is 11.3 Å². The lowest BCUT2D eigenvalue weighted by Gasteiger charge is -2.32. The number of benzene rings is 1. The Hall–Kier alpha value is -3.08. The van der Waals surface area contributed by atoms with Crippen molar-refractivity contribution in [3.63, 3.8) is 0 Å². The molecule has 3 heterocycles. The third-order valence-electron chi connectivity index (χ3n) is 4.93. The minimum Gasteiger partial charge on any atom is -0.338 e. The van der Waals surface area contributed by atoms with Gasteiger partial charge in [-0.3, -0.25) is 14.8 Å². The number of hydrogen-bond donors (Lipinski definition) is 0. The minimum absolute atomic E-state index is 0.00841. The molecule has 1 aromatic carbocycles. The van der Waals surface area contributed by atoms with E-state index < -0.39 is 0 Å². The summed E-state index contributed by atoms with van der Waals surface area (Å²) in [7, 11) is 0. The standard InChI is InChI=1S/C22H20FN3O/c23-19-8-1-5-16(13-19)20-9-2-10-21(25-20)18-7-4-12-26(15-18)22(27)17-6-3-11-24-14-17/h1-3,5-6,8-11,13-14,18H,4,7,12,15H2/t18-/m0/s1. The lowest BCUT2D eigenvalue weighted by atomic mass is 9.93. The molecule has 0 radical (unpaired) electrons. The van der Waals surface area contributed by atoms with Crippen LogP contribution in [0.4, 0.5) is 4.39 Å². The summed E-state index contributed by atoms with van der Waals surface area (Å²) < 4.78 is 13.5. The number of carbonyl (C=O) groups is 1. The maximum absolute atomic E-state index is 13.5. The zero-order valence-electron chi connectivity index (χ0n) is 14.9. The first-order valence-corrected chi connectivity index (χ1v) is 9.13. The Kier molecular flexibility index (Phi) is 4.92. The van der Waals surface area contributed by atoms with Crippen LogP contribution in [0.5, 0.6) is 0 Å². The van der Waals surface area contributed by atoms with E-state index in [9.17, 15) is 9.18 Å². The number of piperidine rings is 1. The van der Waals surface area contributed by atoms with Gasteiger partial charge in [0.15, 0.2) is 0 Å². The summed E-state index contributed by atoms with van der Waals surface area (Å²) in [6, 6.07) is 15.9. The quantitative estimate of drug-likeness (QED) is 0.699. The van der Waals surface area contributed by atoms with Crippen molar-refractivity contribution in [2.75, 3.05) is 13.1 Å². The van der Waals surface area contributed by atoms with Crippen molar-refractivity contribution >= 4 is 5.91 Å². The number of hydrogen-bond acceptors (Lipinski definition) is 3. The number of pyridine rings is 2. The van der Waals surface area contributed by atoms with Crippen LogP contribution in [0.2, 0.25) is 0 Å². The molecule has 3 aromatic rings. The fraction of sp³-hybridized carbons (Fsp3) is 0.227. The zero-order valence-corrected chi connectivity index (χ0v) is 14.9. The van der Waals surface area contributed by atoms with Crippen molar-refractivity contribution in [2.45, 2.75) is 18.8 Å². The first-order valence-electron chi connectivity index (χ1n) is 9.13. The molecule has 0 unspecified atom stereocenters. The van der Waals surface area contributed by atoms with Crippen LogP contribution in [0.1, 0.15) is 34.8 Å². The molecule has 1 aliphatic rings. The molecule has 0 bridgehead atoms. The molecular weight excluding hydrogens is 341 g/mol. The highest BCUT2D eigenvalue weighted by molar-refractivity contribution is 5.94. The Bertz CT molecular complexity index is 945. The molecule has 1 fully saturated rings. The summed E-state index contributed by atoms with van der Waals surface area (Å²) in [6.07, 6.45) is 5.19. The molecule has 1 saturated heterocycles. The average molecular weight is 361 g/mol. The highest BCUT2D eigenvalue weighted by Crippen LogP contribution is 2.28. The van der Waals surface area contributed by atoms with Crippen molar-refractivity contribution in [3.8, 4) is 11.3 Å². The van der Waals surface area contributed by atoms with Crippen LogP contribution >= 0.6 is 0 Å². The van der Waals surface area contributed by atoms with Gasteiger partial charge in [0.2, 0.25) is 0 Å². The Balaban J connectivity index is 1.55. The molecule has 27 heavy (non-hydrogen) atoms. The molecule has 4 rings (SSSR count). The maximum Gasteiger partial charge on any atom is 0.255 e. The minimum atomic E-state index is -0.273. The van der Waals surface area contributed by atoms with Gasteiger partial charge in [-0.2, -0.15) is 0 Å². The predicted molar refractivity (Wildman–Crippen MR) is 102 cm³/mol. The van der Waals surface area contributed by atoms with Crippen molar-refractivity contribution < 1.29 is 9.18 Å². The third-order valence-corrected chi connectivity index (χ3v) is 4.93. The van der Waals surface area contributed by atoms with Crippen LogP contribution in [0, 0.1) is 5.82 Å². The van der Waals surface area contributed by atoms with E-state index in [-0.39, 0.29) is 17.6 Å². The number of aromatic nitrogens is 2. The number of rotatable bonds is 3. The van der Waals surface area contributed by atoms with E-state index in [4.69, 9.17) is 4.98 Å². The van der Waals surface area contributed by atoms with Crippen molar-refractivity contribution in [2.24, 2.45) is 0 Å². The van der Waals surface area contributed by atoms with Gasteiger partial charge in [0, 0.05) is 42.7 Å². The van der Waals surface area contributed by atoms with Crippen molar-refractivity contribution in [3.05, 3.63) is 84.1 Å².